The molecule has 0 aliphatic carbocycles. The van der Waals surface area contributed by atoms with Gasteiger partial charge in [0.25, 0.3) is 10.0 Å². The number of hydrazine groups is 1. The van der Waals surface area contributed by atoms with Crippen LogP contribution in [0.15, 0.2) is 23.4 Å². The van der Waals surface area contributed by atoms with Crippen LogP contribution in [0.25, 0.3) is 0 Å². The summed E-state index contributed by atoms with van der Waals surface area (Å²) in [7, 11) is -3.73. The zero-order valence-electron chi connectivity index (χ0n) is 10.2. The van der Waals surface area contributed by atoms with Crippen molar-refractivity contribution in [2.24, 2.45) is 0 Å². The Morgan fingerprint density at radius 2 is 1.95 bits per heavy atom. The number of carboxylic acid groups (broad SMARTS) is 1. The Hall–Kier alpha value is -1.51. The van der Waals surface area contributed by atoms with Gasteiger partial charge in [-0.2, -0.15) is 0 Å². The summed E-state index contributed by atoms with van der Waals surface area (Å²) in [6.07, 6.45) is 4.04. The minimum absolute atomic E-state index is 0.0445. The van der Waals surface area contributed by atoms with Crippen LogP contribution in [0, 0.1) is 0 Å². The van der Waals surface area contributed by atoms with Gasteiger partial charge in [0.05, 0.1) is 5.56 Å². The molecule has 1 saturated heterocycles. The minimum Gasteiger partial charge on any atom is -0.478 e. The van der Waals surface area contributed by atoms with E-state index in [2.05, 4.69) is 9.82 Å². The zero-order chi connectivity index (χ0) is 13.9. The minimum atomic E-state index is -3.73. The van der Waals surface area contributed by atoms with Crippen LogP contribution in [0.2, 0.25) is 0 Å². The molecule has 1 aliphatic rings. The van der Waals surface area contributed by atoms with Crippen LogP contribution in [-0.4, -0.2) is 42.6 Å². The van der Waals surface area contributed by atoms with Crippen molar-refractivity contribution in [3.63, 3.8) is 0 Å². The molecule has 0 bridgehead atoms. The number of hydrogen-bond acceptors (Lipinski definition) is 5. The number of aromatic nitrogens is 1. The molecule has 2 heterocycles. The predicted molar refractivity (Wildman–Crippen MR) is 66.9 cm³/mol. The van der Waals surface area contributed by atoms with E-state index in [-0.39, 0.29) is 10.6 Å². The molecule has 0 amide bonds. The van der Waals surface area contributed by atoms with Gasteiger partial charge < -0.3 is 5.11 Å². The molecule has 0 spiro atoms. The number of nitrogens with one attached hydrogen (secondary N) is 1. The summed E-state index contributed by atoms with van der Waals surface area (Å²) in [5, 5.41) is 10.2. The molecule has 0 aromatic carbocycles. The summed E-state index contributed by atoms with van der Waals surface area (Å²) >= 11 is 0. The van der Waals surface area contributed by atoms with Crippen molar-refractivity contribution in [2.75, 3.05) is 13.1 Å². The van der Waals surface area contributed by atoms with E-state index in [9.17, 15) is 13.2 Å². The van der Waals surface area contributed by atoms with E-state index in [1.54, 1.807) is 5.01 Å². The highest BCUT2D eigenvalue weighted by molar-refractivity contribution is 7.89. The first-order chi connectivity index (χ1) is 8.99. The van der Waals surface area contributed by atoms with Gasteiger partial charge in [-0.3, -0.25) is 0 Å². The van der Waals surface area contributed by atoms with Crippen LogP contribution in [-0.2, 0) is 10.0 Å². The number of nitrogens with zero attached hydrogens (tertiary/aromatic N) is 2. The van der Waals surface area contributed by atoms with Crippen molar-refractivity contribution in [2.45, 2.75) is 24.3 Å². The van der Waals surface area contributed by atoms with E-state index in [1.807, 2.05) is 0 Å². The normalized spacial score (nSPS) is 17.3. The third-order valence-electron chi connectivity index (χ3n) is 2.86. The van der Waals surface area contributed by atoms with Gasteiger partial charge in [0.1, 0.15) is 0 Å². The van der Waals surface area contributed by atoms with Gasteiger partial charge >= 0.3 is 5.97 Å². The molecule has 0 saturated carbocycles. The van der Waals surface area contributed by atoms with E-state index >= 15 is 0 Å². The lowest BCUT2D eigenvalue weighted by Crippen LogP contribution is -2.45. The van der Waals surface area contributed by atoms with E-state index in [1.165, 1.54) is 12.1 Å². The highest BCUT2D eigenvalue weighted by Crippen LogP contribution is 2.11. The van der Waals surface area contributed by atoms with Gasteiger partial charge in [-0.15, -0.1) is 4.83 Å². The molecule has 2 rings (SSSR count). The molecule has 1 fully saturated rings. The van der Waals surface area contributed by atoms with Crippen LogP contribution < -0.4 is 4.83 Å². The molecule has 7 nitrogen and oxygen atoms in total. The second kappa shape index (κ2) is 5.64. The monoisotopic (exact) mass is 285 g/mol. The highest BCUT2D eigenvalue weighted by atomic mass is 32.2. The average Bonchev–Trinajstić information content (AvgIpc) is 2.39. The van der Waals surface area contributed by atoms with Gasteiger partial charge in [-0.1, -0.05) is 6.42 Å². The Kier molecular flexibility index (Phi) is 4.13. The molecule has 0 radical (unpaired) electrons. The third-order valence-corrected chi connectivity index (χ3v) is 4.15. The second-order valence-corrected chi connectivity index (χ2v) is 5.94. The number of rotatable bonds is 4. The molecule has 0 atom stereocenters. The number of hydrogen-bond donors (Lipinski definition) is 2. The molecule has 1 aromatic rings. The number of pyridine rings is 1. The van der Waals surface area contributed by atoms with Crippen molar-refractivity contribution in [1.82, 2.24) is 14.8 Å². The van der Waals surface area contributed by atoms with Crippen molar-refractivity contribution >= 4 is 16.0 Å². The number of aromatic carboxylic acids is 1. The maximum absolute atomic E-state index is 12.0. The van der Waals surface area contributed by atoms with Gasteiger partial charge in [-0.25, -0.2) is 23.2 Å². The molecule has 8 heteroatoms. The molecule has 1 aromatic heterocycles. The third kappa shape index (κ3) is 3.49. The standard InChI is InChI=1S/C11H15N3O4S/c15-11(16)9-4-5-10(12-8-9)19(17,18)13-14-6-2-1-3-7-14/h4-5,8,13H,1-3,6-7H2,(H,15,16). The van der Waals surface area contributed by atoms with Crippen LogP contribution >= 0.6 is 0 Å². The highest BCUT2D eigenvalue weighted by Gasteiger charge is 2.21. The molecule has 104 valence electrons. The fourth-order valence-electron chi connectivity index (χ4n) is 1.87. The van der Waals surface area contributed by atoms with Gasteiger partial charge in [0.15, 0.2) is 5.03 Å². The van der Waals surface area contributed by atoms with Crippen LogP contribution in [0.5, 0.6) is 0 Å². The summed E-state index contributed by atoms with van der Waals surface area (Å²) in [4.78, 5) is 16.8. The first-order valence-corrected chi connectivity index (χ1v) is 7.44. The van der Waals surface area contributed by atoms with Crippen molar-refractivity contribution in [3.05, 3.63) is 23.9 Å². The smallest absolute Gasteiger partial charge is 0.337 e. The van der Waals surface area contributed by atoms with E-state index in [0.717, 1.165) is 25.5 Å². The second-order valence-electron chi connectivity index (χ2n) is 4.33. The number of carbonyl (C=O) groups is 1. The van der Waals surface area contributed by atoms with Crippen molar-refractivity contribution < 1.29 is 18.3 Å². The van der Waals surface area contributed by atoms with Crippen LogP contribution in [0.1, 0.15) is 29.6 Å². The Morgan fingerprint density at radius 3 is 2.47 bits per heavy atom. The Morgan fingerprint density at radius 1 is 1.26 bits per heavy atom. The van der Waals surface area contributed by atoms with Gasteiger partial charge in [-0.05, 0) is 25.0 Å². The maximum atomic E-state index is 12.0. The average molecular weight is 285 g/mol. The summed E-state index contributed by atoms with van der Waals surface area (Å²) in [5.74, 6) is -1.14. The fraction of sp³-hybridized carbons (Fsp3) is 0.455. The SMILES string of the molecule is O=C(O)c1ccc(S(=O)(=O)NN2CCCCC2)nc1. The molecule has 0 unspecified atom stereocenters. The Bertz CT molecular complexity index is 550. The summed E-state index contributed by atoms with van der Waals surface area (Å²) < 4.78 is 24.0. The summed E-state index contributed by atoms with van der Waals surface area (Å²) in [6.45, 7) is 1.35. The number of carboxylic acids is 1. The quantitative estimate of drug-likeness (QED) is 0.833. The molecule has 2 N–H and O–H groups in total. The lowest BCUT2D eigenvalue weighted by atomic mass is 10.2. The Balaban J connectivity index is 2.12. The van der Waals surface area contributed by atoms with Crippen molar-refractivity contribution in [3.8, 4) is 0 Å². The number of sulfonamides is 1. The summed E-state index contributed by atoms with van der Waals surface area (Å²) in [6, 6.07) is 2.41. The molecule has 19 heavy (non-hydrogen) atoms. The lowest BCUT2D eigenvalue weighted by Gasteiger charge is -2.26. The topological polar surface area (TPSA) is 99.6 Å². The molecular weight excluding hydrogens is 270 g/mol. The van der Waals surface area contributed by atoms with Gasteiger partial charge in [0, 0.05) is 19.3 Å². The fourth-order valence-corrected chi connectivity index (χ4v) is 2.92. The van der Waals surface area contributed by atoms with Gasteiger partial charge in [0.2, 0.25) is 0 Å². The number of piperidine rings is 1. The molecule has 1 aliphatic heterocycles. The lowest BCUT2D eigenvalue weighted by molar-refractivity contribution is 0.0696. The van der Waals surface area contributed by atoms with E-state index in [4.69, 9.17) is 5.11 Å². The van der Waals surface area contributed by atoms with Crippen molar-refractivity contribution in [1.29, 1.82) is 0 Å². The largest absolute Gasteiger partial charge is 0.478 e. The zero-order valence-corrected chi connectivity index (χ0v) is 11.1. The molecular formula is C11H15N3O4S. The predicted octanol–water partition coefficient (Wildman–Crippen LogP) is 0.459. The Labute approximate surface area is 111 Å². The van der Waals surface area contributed by atoms with Crippen LogP contribution in [0.4, 0.5) is 0 Å². The summed E-state index contributed by atoms with van der Waals surface area (Å²) in [5.41, 5.74) is -0.0445. The van der Waals surface area contributed by atoms with E-state index in [0.29, 0.717) is 13.1 Å². The first kappa shape index (κ1) is 13.9. The maximum Gasteiger partial charge on any atom is 0.337 e. The van der Waals surface area contributed by atoms with E-state index < -0.39 is 16.0 Å². The van der Waals surface area contributed by atoms with Crippen LogP contribution in [0.3, 0.4) is 0 Å². The first-order valence-electron chi connectivity index (χ1n) is 5.96.